The van der Waals surface area contributed by atoms with Crippen molar-refractivity contribution in [3.63, 3.8) is 0 Å². The molecule has 138 valence electrons. The van der Waals surface area contributed by atoms with E-state index in [0.717, 1.165) is 50.8 Å². The second kappa shape index (κ2) is 9.31. The lowest BCUT2D eigenvalue weighted by Crippen LogP contribution is -2.39. The number of carbonyl (C=O) groups excluding carboxylic acids is 1. The lowest BCUT2D eigenvalue weighted by molar-refractivity contribution is 0.0398. The number of nitrogens with zero attached hydrogens (tertiary/aromatic N) is 3. The molecular formula is C20H26N4O2. The van der Waals surface area contributed by atoms with Gasteiger partial charge in [-0.05, 0) is 31.2 Å². The predicted molar refractivity (Wildman–Crippen MR) is 104 cm³/mol. The van der Waals surface area contributed by atoms with E-state index in [4.69, 9.17) is 4.74 Å². The SMILES string of the molecule is CCN(C(=O)c1cc(NCCN2CCOCC2)ccn1)c1ccccc1. The molecule has 1 aromatic carbocycles. The molecule has 0 aliphatic carbocycles. The summed E-state index contributed by atoms with van der Waals surface area (Å²) in [6.45, 7) is 7.91. The van der Waals surface area contributed by atoms with Gasteiger partial charge in [0.15, 0.2) is 0 Å². The molecule has 1 aliphatic rings. The summed E-state index contributed by atoms with van der Waals surface area (Å²) in [5.74, 6) is -0.0875. The van der Waals surface area contributed by atoms with Crippen LogP contribution in [0.1, 0.15) is 17.4 Å². The maximum Gasteiger partial charge on any atom is 0.276 e. The molecule has 1 N–H and O–H groups in total. The van der Waals surface area contributed by atoms with Crippen molar-refractivity contribution in [1.29, 1.82) is 0 Å². The van der Waals surface area contributed by atoms with E-state index in [2.05, 4.69) is 15.2 Å². The van der Waals surface area contributed by atoms with Crippen LogP contribution in [0.15, 0.2) is 48.7 Å². The summed E-state index contributed by atoms with van der Waals surface area (Å²) >= 11 is 0. The van der Waals surface area contributed by atoms with E-state index in [1.165, 1.54) is 0 Å². The number of hydrogen-bond acceptors (Lipinski definition) is 5. The van der Waals surface area contributed by atoms with E-state index in [1.807, 2.05) is 49.4 Å². The van der Waals surface area contributed by atoms with Gasteiger partial charge in [-0.1, -0.05) is 18.2 Å². The number of para-hydroxylation sites is 1. The van der Waals surface area contributed by atoms with Crippen molar-refractivity contribution >= 4 is 17.3 Å². The first-order valence-electron chi connectivity index (χ1n) is 9.15. The summed E-state index contributed by atoms with van der Waals surface area (Å²) in [4.78, 5) is 21.2. The lowest BCUT2D eigenvalue weighted by Gasteiger charge is -2.26. The Morgan fingerprint density at radius 2 is 2.00 bits per heavy atom. The van der Waals surface area contributed by atoms with Crippen molar-refractivity contribution in [3.8, 4) is 0 Å². The number of hydrogen-bond donors (Lipinski definition) is 1. The molecule has 0 radical (unpaired) electrons. The molecule has 26 heavy (non-hydrogen) atoms. The summed E-state index contributed by atoms with van der Waals surface area (Å²) in [7, 11) is 0. The Morgan fingerprint density at radius 1 is 1.23 bits per heavy atom. The molecule has 0 saturated carbocycles. The first-order valence-corrected chi connectivity index (χ1v) is 9.15. The summed E-state index contributed by atoms with van der Waals surface area (Å²) in [6, 6.07) is 13.4. The molecule has 2 aromatic rings. The number of aromatic nitrogens is 1. The maximum absolute atomic E-state index is 12.9. The van der Waals surface area contributed by atoms with Crippen LogP contribution in [-0.2, 0) is 4.74 Å². The van der Waals surface area contributed by atoms with Gasteiger partial charge in [0.2, 0.25) is 0 Å². The van der Waals surface area contributed by atoms with Gasteiger partial charge in [-0.2, -0.15) is 0 Å². The summed E-state index contributed by atoms with van der Waals surface area (Å²) in [6.07, 6.45) is 1.68. The Morgan fingerprint density at radius 3 is 2.73 bits per heavy atom. The fourth-order valence-corrected chi connectivity index (χ4v) is 3.03. The zero-order chi connectivity index (χ0) is 18.2. The predicted octanol–water partition coefficient (Wildman–Crippen LogP) is 2.49. The van der Waals surface area contributed by atoms with Crippen LogP contribution >= 0.6 is 0 Å². The Labute approximate surface area is 154 Å². The molecule has 1 amide bonds. The quantitative estimate of drug-likeness (QED) is 0.828. The van der Waals surface area contributed by atoms with Gasteiger partial charge >= 0.3 is 0 Å². The summed E-state index contributed by atoms with van der Waals surface area (Å²) in [5, 5.41) is 3.39. The van der Waals surface area contributed by atoms with Crippen molar-refractivity contribution in [2.45, 2.75) is 6.92 Å². The fraction of sp³-hybridized carbons (Fsp3) is 0.400. The van der Waals surface area contributed by atoms with Crippen LogP contribution in [-0.4, -0.2) is 61.7 Å². The molecule has 0 spiro atoms. The Hall–Kier alpha value is -2.44. The monoisotopic (exact) mass is 354 g/mol. The summed E-state index contributed by atoms with van der Waals surface area (Å²) < 4.78 is 5.36. The number of anilines is 2. The molecule has 0 unspecified atom stereocenters. The number of carbonyl (C=O) groups is 1. The highest BCUT2D eigenvalue weighted by Gasteiger charge is 2.17. The minimum absolute atomic E-state index is 0.0875. The molecule has 1 saturated heterocycles. The largest absolute Gasteiger partial charge is 0.384 e. The zero-order valence-electron chi connectivity index (χ0n) is 15.2. The number of benzene rings is 1. The highest BCUT2D eigenvalue weighted by molar-refractivity contribution is 6.05. The maximum atomic E-state index is 12.9. The van der Waals surface area contributed by atoms with E-state index in [-0.39, 0.29) is 5.91 Å². The molecule has 1 aromatic heterocycles. The van der Waals surface area contributed by atoms with Crippen molar-refractivity contribution in [3.05, 3.63) is 54.4 Å². The van der Waals surface area contributed by atoms with Crippen molar-refractivity contribution in [1.82, 2.24) is 9.88 Å². The van der Waals surface area contributed by atoms with Crippen molar-refractivity contribution in [2.24, 2.45) is 0 Å². The Bertz CT molecular complexity index is 702. The molecule has 1 fully saturated rings. The molecule has 2 heterocycles. The van der Waals surface area contributed by atoms with Crippen LogP contribution in [0.2, 0.25) is 0 Å². The highest BCUT2D eigenvalue weighted by atomic mass is 16.5. The van der Waals surface area contributed by atoms with E-state index in [9.17, 15) is 4.79 Å². The standard InChI is InChI=1S/C20H26N4O2/c1-2-24(18-6-4-3-5-7-18)20(25)19-16-17(8-9-22-19)21-10-11-23-12-14-26-15-13-23/h3-9,16H,2,10-15H2,1H3,(H,21,22). The van der Waals surface area contributed by atoms with Crippen molar-refractivity contribution in [2.75, 3.05) is 56.2 Å². The van der Waals surface area contributed by atoms with Gasteiger partial charge in [-0.25, -0.2) is 0 Å². The van der Waals surface area contributed by atoms with Crippen LogP contribution in [0.4, 0.5) is 11.4 Å². The third-order valence-corrected chi connectivity index (χ3v) is 4.47. The molecule has 0 bridgehead atoms. The van der Waals surface area contributed by atoms with Gasteiger partial charge in [0.25, 0.3) is 5.91 Å². The summed E-state index contributed by atoms with van der Waals surface area (Å²) in [5.41, 5.74) is 2.25. The van der Waals surface area contributed by atoms with Crippen LogP contribution in [0.5, 0.6) is 0 Å². The van der Waals surface area contributed by atoms with Crippen LogP contribution in [0.3, 0.4) is 0 Å². The van der Waals surface area contributed by atoms with Gasteiger partial charge in [0.05, 0.1) is 13.2 Å². The molecular weight excluding hydrogens is 328 g/mol. The van der Waals surface area contributed by atoms with E-state index < -0.39 is 0 Å². The normalized spacial score (nSPS) is 14.8. The third kappa shape index (κ3) is 4.80. The average molecular weight is 354 g/mol. The first-order chi connectivity index (χ1) is 12.8. The third-order valence-electron chi connectivity index (χ3n) is 4.47. The molecule has 1 aliphatic heterocycles. The van der Waals surface area contributed by atoms with Crippen LogP contribution < -0.4 is 10.2 Å². The van der Waals surface area contributed by atoms with Gasteiger partial charge in [0, 0.05) is 50.3 Å². The van der Waals surface area contributed by atoms with Crippen LogP contribution in [0.25, 0.3) is 0 Å². The fourth-order valence-electron chi connectivity index (χ4n) is 3.03. The topological polar surface area (TPSA) is 57.7 Å². The average Bonchev–Trinajstić information content (AvgIpc) is 2.70. The number of amides is 1. The first kappa shape index (κ1) is 18.4. The number of nitrogens with one attached hydrogen (secondary N) is 1. The molecule has 3 rings (SSSR count). The van der Waals surface area contributed by atoms with Gasteiger partial charge in [-0.15, -0.1) is 0 Å². The highest BCUT2D eigenvalue weighted by Crippen LogP contribution is 2.17. The lowest BCUT2D eigenvalue weighted by atomic mass is 10.2. The number of morpholine rings is 1. The Kier molecular flexibility index (Phi) is 6.57. The van der Waals surface area contributed by atoms with Gasteiger partial charge < -0.3 is 15.0 Å². The van der Waals surface area contributed by atoms with Gasteiger partial charge in [0.1, 0.15) is 5.69 Å². The molecule has 6 heteroatoms. The zero-order valence-corrected chi connectivity index (χ0v) is 15.2. The molecule has 6 nitrogen and oxygen atoms in total. The smallest absolute Gasteiger partial charge is 0.276 e. The number of pyridine rings is 1. The van der Waals surface area contributed by atoms with E-state index in [1.54, 1.807) is 11.1 Å². The van der Waals surface area contributed by atoms with Crippen molar-refractivity contribution < 1.29 is 9.53 Å². The van der Waals surface area contributed by atoms with Gasteiger partial charge in [-0.3, -0.25) is 14.7 Å². The second-order valence-electron chi connectivity index (χ2n) is 6.20. The minimum Gasteiger partial charge on any atom is -0.384 e. The molecule has 0 atom stereocenters. The number of rotatable bonds is 7. The second-order valence-corrected chi connectivity index (χ2v) is 6.20. The van der Waals surface area contributed by atoms with E-state index >= 15 is 0 Å². The Balaban J connectivity index is 1.61. The van der Waals surface area contributed by atoms with Crippen LogP contribution in [0, 0.1) is 0 Å². The van der Waals surface area contributed by atoms with E-state index in [0.29, 0.717) is 12.2 Å². The number of ether oxygens (including phenoxy) is 1. The minimum atomic E-state index is -0.0875.